The summed E-state index contributed by atoms with van der Waals surface area (Å²) in [6.07, 6.45) is -0.252. The zero-order chi connectivity index (χ0) is 28.4. The molecule has 1 fully saturated rings. The molecule has 40 heavy (non-hydrogen) atoms. The van der Waals surface area contributed by atoms with E-state index in [-0.39, 0.29) is 35.6 Å². The third kappa shape index (κ3) is 5.83. The van der Waals surface area contributed by atoms with Crippen molar-refractivity contribution < 1.29 is 18.1 Å². The van der Waals surface area contributed by atoms with Crippen LogP contribution in [0.3, 0.4) is 0 Å². The predicted octanol–water partition coefficient (Wildman–Crippen LogP) is 5.32. The van der Waals surface area contributed by atoms with Crippen molar-refractivity contribution in [2.75, 3.05) is 24.3 Å². The van der Waals surface area contributed by atoms with Gasteiger partial charge in [-0.2, -0.15) is 23.3 Å². The summed E-state index contributed by atoms with van der Waals surface area (Å²) in [6, 6.07) is 12.9. The van der Waals surface area contributed by atoms with Gasteiger partial charge in [0.2, 0.25) is 5.95 Å². The fourth-order valence-electron chi connectivity index (χ4n) is 5.07. The molecule has 0 bridgehead atoms. The minimum absolute atomic E-state index is 0.00453. The van der Waals surface area contributed by atoms with Gasteiger partial charge in [0.05, 0.1) is 22.3 Å². The van der Waals surface area contributed by atoms with Crippen LogP contribution in [0.5, 0.6) is 0 Å². The van der Waals surface area contributed by atoms with Gasteiger partial charge in [-0.3, -0.25) is 10.1 Å². The number of hydrogen-bond acceptors (Lipinski definition) is 8. The standard InChI is InChI=1S/C27H29F3N8O2/c1-36(2)25-22-5-3-4-6-23(22)34-26(35-25)33-19-9-7-18(8-10-19)31-15-17-16-32-37(24(17)27(28,29)30)20-11-13-21(14-12-20)38(39)40/h3-6,11-14,16,18-19,31H,7-10,15H2,1-2H3,(H,33,34,35). The topological polar surface area (TPSA) is 114 Å². The highest BCUT2D eigenvalue weighted by atomic mass is 19.4. The molecule has 0 atom stereocenters. The number of non-ortho nitro benzene ring substituents is 1. The smallest absolute Gasteiger partial charge is 0.362 e. The molecule has 2 heterocycles. The Morgan fingerprint density at radius 1 is 1.02 bits per heavy atom. The first-order valence-corrected chi connectivity index (χ1v) is 12.9. The van der Waals surface area contributed by atoms with Gasteiger partial charge in [-0.25, -0.2) is 9.67 Å². The molecule has 0 saturated heterocycles. The number of aromatic nitrogens is 4. The second-order valence-corrected chi connectivity index (χ2v) is 10.1. The van der Waals surface area contributed by atoms with E-state index >= 15 is 0 Å². The SMILES string of the molecule is CN(C)c1nc(NC2CCC(NCc3cnn(-c4ccc([N+](=O)[O-])cc4)c3C(F)(F)F)CC2)nc2ccccc12. The lowest BCUT2D eigenvalue weighted by atomic mass is 9.91. The lowest BCUT2D eigenvalue weighted by Crippen LogP contribution is -2.37. The van der Waals surface area contributed by atoms with Gasteiger partial charge in [0.1, 0.15) is 5.82 Å². The lowest BCUT2D eigenvalue weighted by Gasteiger charge is -2.30. The number of nitro benzene ring substituents is 1. The van der Waals surface area contributed by atoms with E-state index in [1.54, 1.807) is 0 Å². The third-order valence-corrected chi connectivity index (χ3v) is 7.07. The maximum Gasteiger partial charge on any atom is 0.433 e. The molecule has 1 aliphatic rings. The number of alkyl halides is 3. The van der Waals surface area contributed by atoms with E-state index in [4.69, 9.17) is 4.98 Å². The van der Waals surface area contributed by atoms with Gasteiger partial charge in [0, 0.05) is 55.8 Å². The number of benzene rings is 2. The maximum atomic E-state index is 14.0. The Morgan fingerprint density at radius 3 is 2.35 bits per heavy atom. The first-order valence-electron chi connectivity index (χ1n) is 12.9. The van der Waals surface area contributed by atoms with Crippen molar-refractivity contribution in [1.82, 2.24) is 25.1 Å². The van der Waals surface area contributed by atoms with Crippen LogP contribution in [0.4, 0.5) is 30.6 Å². The van der Waals surface area contributed by atoms with Gasteiger partial charge in [0.25, 0.3) is 5.69 Å². The summed E-state index contributed by atoms with van der Waals surface area (Å²) in [5, 5.41) is 22.5. The second-order valence-electron chi connectivity index (χ2n) is 10.1. The zero-order valence-corrected chi connectivity index (χ0v) is 22.0. The van der Waals surface area contributed by atoms with Gasteiger partial charge >= 0.3 is 6.18 Å². The Hall–Kier alpha value is -4.26. The molecule has 0 spiro atoms. The van der Waals surface area contributed by atoms with Gasteiger partial charge < -0.3 is 15.5 Å². The maximum absolute atomic E-state index is 14.0. The summed E-state index contributed by atoms with van der Waals surface area (Å²) in [4.78, 5) is 21.6. The van der Waals surface area contributed by atoms with Crippen molar-refractivity contribution in [2.24, 2.45) is 0 Å². The Labute approximate surface area is 228 Å². The molecule has 4 aromatic rings. The monoisotopic (exact) mass is 554 g/mol. The molecule has 5 rings (SSSR count). The van der Waals surface area contributed by atoms with Crippen LogP contribution in [0.15, 0.2) is 54.7 Å². The molecule has 1 aliphatic carbocycles. The van der Waals surface area contributed by atoms with Crippen LogP contribution in [0, 0.1) is 10.1 Å². The minimum Gasteiger partial charge on any atom is -0.362 e. The number of para-hydroxylation sites is 1. The Bertz CT molecular complexity index is 1500. The normalized spacial score (nSPS) is 17.6. The van der Waals surface area contributed by atoms with E-state index in [9.17, 15) is 23.3 Å². The summed E-state index contributed by atoms with van der Waals surface area (Å²) in [5.41, 5.74) is -0.124. The molecule has 10 nitrogen and oxygen atoms in total. The number of halogens is 3. The lowest BCUT2D eigenvalue weighted by molar-refractivity contribution is -0.384. The molecule has 0 aliphatic heterocycles. The van der Waals surface area contributed by atoms with E-state index in [1.165, 1.54) is 18.3 Å². The quantitative estimate of drug-likeness (QED) is 0.222. The highest BCUT2D eigenvalue weighted by molar-refractivity contribution is 5.90. The second kappa shape index (κ2) is 11.1. The van der Waals surface area contributed by atoms with Gasteiger partial charge in [-0.05, 0) is 49.9 Å². The number of nitro groups is 1. The fraction of sp³-hybridized carbons (Fsp3) is 0.370. The van der Waals surface area contributed by atoms with Crippen LogP contribution < -0.4 is 15.5 Å². The van der Waals surface area contributed by atoms with Crippen LogP contribution in [0.25, 0.3) is 16.6 Å². The van der Waals surface area contributed by atoms with Crippen molar-refractivity contribution >= 4 is 28.4 Å². The van der Waals surface area contributed by atoms with Crippen LogP contribution in [0.2, 0.25) is 0 Å². The van der Waals surface area contributed by atoms with Crippen LogP contribution in [0.1, 0.15) is 36.9 Å². The van der Waals surface area contributed by atoms with E-state index in [2.05, 4.69) is 20.7 Å². The van der Waals surface area contributed by atoms with Crippen molar-refractivity contribution in [3.05, 3.63) is 76.1 Å². The molecule has 2 aromatic heterocycles. The highest BCUT2D eigenvalue weighted by Gasteiger charge is 2.38. The minimum atomic E-state index is -4.65. The largest absolute Gasteiger partial charge is 0.433 e. The molecule has 13 heteroatoms. The first-order chi connectivity index (χ1) is 19.1. The highest BCUT2D eigenvalue weighted by Crippen LogP contribution is 2.34. The summed E-state index contributed by atoms with van der Waals surface area (Å²) < 4.78 is 42.8. The number of anilines is 2. The van der Waals surface area contributed by atoms with E-state index < -0.39 is 16.8 Å². The average Bonchev–Trinajstić information content (AvgIpc) is 3.37. The molecule has 0 unspecified atom stereocenters. The molecule has 2 aromatic carbocycles. The van der Waals surface area contributed by atoms with Crippen molar-refractivity contribution in [3.63, 3.8) is 0 Å². The van der Waals surface area contributed by atoms with Crippen molar-refractivity contribution in [3.8, 4) is 5.69 Å². The molecular formula is C27H29F3N8O2. The van der Waals surface area contributed by atoms with E-state index in [0.717, 1.165) is 59.2 Å². The van der Waals surface area contributed by atoms with Gasteiger partial charge in [-0.15, -0.1) is 0 Å². The number of rotatable bonds is 8. The number of hydrogen-bond donors (Lipinski definition) is 2. The fourth-order valence-corrected chi connectivity index (χ4v) is 5.07. The zero-order valence-electron chi connectivity index (χ0n) is 22.0. The number of nitrogens with one attached hydrogen (secondary N) is 2. The number of fused-ring (bicyclic) bond motifs is 1. The van der Waals surface area contributed by atoms with Crippen molar-refractivity contribution in [1.29, 1.82) is 0 Å². The van der Waals surface area contributed by atoms with E-state index in [1.807, 2.05) is 43.3 Å². The van der Waals surface area contributed by atoms with E-state index in [0.29, 0.717) is 5.95 Å². The van der Waals surface area contributed by atoms with Crippen LogP contribution in [-0.2, 0) is 12.7 Å². The van der Waals surface area contributed by atoms with Crippen molar-refractivity contribution in [2.45, 2.75) is 50.5 Å². The Balaban J connectivity index is 1.22. The summed E-state index contributed by atoms with van der Waals surface area (Å²) in [5.74, 6) is 1.39. The van der Waals surface area contributed by atoms with Gasteiger partial charge in [0.15, 0.2) is 5.69 Å². The molecule has 1 saturated carbocycles. The van der Waals surface area contributed by atoms with Crippen LogP contribution in [-0.4, -0.2) is 50.9 Å². The Morgan fingerprint density at radius 2 is 1.70 bits per heavy atom. The Kier molecular flexibility index (Phi) is 7.57. The summed E-state index contributed by atoms with van der Waals surface area (Å²) >= 11 is 0. The summed E-state index contributed by atoms with van der Waals surface area (Å²) in [6.45, 7) is 0.00453. The molecule has 0 amide bonds. The molecule has 0 radical (unpaired) electrons. The van der Waals surface area contributed by atoms with Gasteiger partial charge in [-0.1, -0.05) is 12.1 Å². The first kappa shape index (κ1) is 27.3. The van der Waals surface area contributed by atoms with Crippen LogP contribution >= 0.6 is 0 Å². The number of nitrogens with zero attached hydrogens (tertiary/aromatic N) is 6. The molecule has 210 valence electrons. The molecule has 2 N–H and O–H groups in total. The summed E-state index contributed by atoms with van der Waals surface area (Å²) in [7, 11) is 3.88. The molecular weight excluding hydrogens is 525 g/mol. The average molecular weight is 555 g/mol. The third-order valence-electron chi connectivity index (χ3n) is 7.07. The predicted molar refractivity (Wildman–Crippen MR) is 146 cm³/mol.